The van der Waals surface area contributed by atoms with Crippen molar-refractivity contribution in [2.75, 3.05) is 0 Å². The summed E-state index contributed by atoms with van der Waals surface area (Å²) >= 11 is 0. The molecule has 0 fully saturated rings. The highest BCUT2D eigenvalue weighted by Gasteiger charge is 2.14. The molecule has 0 atom stereocenters. The molecule has 29 heavy (non-hydrogen) atoms. The van der Waals surface area contributed by atoms with Crippen LogP contribution >= 0.6 is 0 Å². The molecule has 6 nitrogen and oxygen atoms in total. The quantitative estimate of drug-likeness (QED) is 0.503. The molecule has 4 aromatic rings. The van der Waals surface area contributed by atoms with Gasteiger partial charge in [0, 0.05) is 18.8 Å². The number of hydrogen-bond acceptors (Lipinski definition) is 4. The van der Waals surface area contributed by atoms with Gasteiger partial charge in [-0.25, -0.2) is 19.7 Å². The van der Waals surface area contributed by atoms with E-state index in [0.717, 1.165) is 41.9 Å². The fraction of sp³-hybridized carbons (Fsp3) is 0.217. The summed E-state index contributed by atoms with van der Waals surface area (Å²) in [6, 6.07) is 15.0. The Balaban J connectivity index is 1.66. The third-order valence-corrected chi connectivity index (χ3v) is 4.98. The van der Waals surface area contributed by atoms with Crippen LogP contribution in [-0.2, 0) is 13.0 Å². The minimum absolute atomic E-state index is 0.304. The summed E-state index contributed by atoms with van der Waals surface area (Å²) in [7, 11) is 0. The number of nitrogens with zero attached hydrogens (tertiary/aromatic N) is 4. The molecular weight excluding hydrogens is 364 g/mol. The molecule has 0 radical (unpaired) electrons. The Kier molecular flexibility index (Phi) is 5.33. The van der Waals surface area contributed by atoms with E-state index in [-0.39, 0.29) is 0 Å². The summed E-state index contributed by atoms with van der Waals surface area (Å²) < 4.78 is 2.12. The molecular formula is C23H22N4O2. The van der Waals surface area contributed by atoms with E-state index in [1.54, 1.807) is 24.5 Å². The molecule has 0 amide bonds. The van der Waals surface area contributed by atoms with E-state index in [9.17, 15) is 9.90 Å². The number of carbonyl (C=O) groups is 1. The topological polar surface area (TPSA) is 80.9 Å². The Morgan fingerprint density at radius 3 is 2.55 bits per heavy atom. The first-order valence-corrected chi connectivity index (χ1v) is 9.75. The van der Waals surface area contributed by atoms with Crippen molar-refractivity contribution >= 4 is 17.3 Å². The molecule has 0 spiro atoms. The molecule has 0 saturated heterocycles. The molecule has 1 N–H and O–H groups in total. The maximum absolute atomic E-state index is 11.5. The molecule has 2 heterocycles. The van der Waals surface area contributed by atoms with Gasteiger partial charge in [0.1, 0.15) is 5.82 Å². The van der Waals surface area contributed by atoms with Crippen LogP contribution in [0.15, 0.2) is 60.9 Å². The second-order valence-electron chi connectivity index (χ2n) is 6.97. The van der Waals surface area contributed by atoms with Crippen LogP contribution in [0.2, 0.25) is 0 Å². The Morgan fingerprint density at radius 2 is 1.79 bits per heavy atom. The summed E-state index contributed by atoms with van der Waals surface area (Å²) in [6.45, 7) is 2.81. The lowest BCUT2D eigenvalue weighted by Gasteiger charge is -2.10. The van der Waals surface area contributed by atoms with Gasteiger partial charge in [0.15, 0.2) is 11.3 Å². The largest absolute Gasteiger partial charge is 0.478 e. The van der Waals surface area contributed by atoms with Gasteiger partial charge in [-0.15, -0.1) is 0 Å². The number of aromatic carboxylic acids is 1. The molecule has 146 valence electrons. The SMILES string of the molecule is CCCCc1nc2nccnc2n1Cc1ccc(-c2ccccc2C(=O)O)cc1. The highest BCUT2D eigenvalue weighted by Crippen LogP contribution is 2.25. The zero-order valence-electron chi connectivity index (χ0n) is 16.2. The molecule has 2 aromatic carbocycles. The average molecular weight is 386 g/mol. The van der Waals surface area contributed by atoms with E-state index in [0.29, 0.717) is 23.3 Å². The predicted octanol–water partition coefficient (Wildman–Crippen LogP) is 4.58. The van der Waals surface area contributed by atoms with Gasteiger partial charge in [-0.2, -0.15) is 0 Å². The zero-order chi connectivity index (χ0) is 20.2. The number of unbranched alkanes of at least 4 members (excludes halogenated alkanes) is 1. The van der Waals surface area contributed by atoms with Gasteiger partial charge in [-0.3, -0.25) is 0 Å². The van der Waals surface area contributed by atoms with Crippen molar-refractivity contribution in [1.82, 2.24) is 19.5 Å². The number of fused-ring (bicyclic) bond motifs is 1. The molecule has 0 unspecified atom stereocenters. The van der Waals surface area contributed by atoms with E-state index in [2.05, 4.69) is 26.4 Å². The Labute approximate surface area is 168 Å². The molecule has 0 aliphatic heterocycles. The van der Waals surface area contributed by atoms with Crippen molar-refractivity contribution in [3.8, 4) is 11.1 Å². The monoisotopic (exact) mass is 386 g/mol. The van der Waals surface area contributed by atoms with Gasteiger partial charge in [0.2, 0.25) is 0 Å². The van der Waals surface area contributed by atoms with Crippen molar-refractivity contribution in [3.05, 3.63) is 77.9 Å². The summed E-state index contributed by atoms with van der Waals surface area (Å²) in [4.78, 5) is 25.0. The number of carboxylic acids is 1. The van der Waals surface area contributed by atoms with E-state index in [1.165, 1.54) is 0 Å². The zero-order valence-corrected chi connectivity index (χ0v) is 16.2. The van der Waals surface area contributed by atoms with Crippen LogP contribution in [0.4, 0.5) is 0 Å². The van der Waals surface area contributed by atoms with Gasteiger partial charge < -0.3 is 9.67 Å². The number of carboxylic acid groups (broad SMARTS) is 1. The lowest BCUT2D eigenvalue weighted by Crippen LogP contribution is -2.06. The van der Waals surface area contributed by atoms with Crippen LogP contribution < -0.4 is 0 Å². The molecule has 0 aliphatic rings. The van der Waals surface area contributed by atoms with E-state index < -0.39 is 5.97 Å². The van der Waals surface area contributed by atoms with E-state index in [1.807, 2.05) is 36.4 Å². The summed E-state index contributed by atoms with van der Waals surface area (Å²) in [5, 5.41) is 9.43. The van der Waals surface area contributed by atoms with Crippen LogP contribution in [0.25, 0.3) is 22.4 Å². The van der Waals surface area contributed by atoms with Gasteiger partial charge in [-0.1, -0.05) is 55.8 Å². The second-order valence-corrected chi connectivity index (χ2v) is 6.97. The van der Waals surface area contributed by atoms with Crippen LogP contribution in [0.1, 0.15) is 41.5 Å². The van der Waals surface area contributed by atoms with Crippen LogP contribution in [0.5, 0.6) is 0 Å². The highest BCUT2D eigenvalue weighted by molar-refractivity contribution is 5.96. The van der Waals surface area contributed by atoms with Crippen LogP contribution in [-0.4, -0.2) is 30.6 Å². The van der Waals surface area contributed by atoms with Gasteiger partial charge >= 0.3 is 5.97 Å². The van der Waals surface area contributed by atoms with Crippen LogP contribution in [0, 0.1) is 0 Å². The third kappa shape index (κ3) is 3.87. The smallest absolute Gasteiger partial charge is 0.336 e. The van der Waals surface area contributed by atoms with Crippen molar-refractivity contribution < 1.29 is 9.90 Å². The predicted molar refractivity (Wildman–Crippen MR) is 112 cm³/mol. The summed E-state index contributed by atoms with van der Waals surface area (Å²) in [6.07, 6.45) is 6.41. The van der Waals surface area contributed by atoms with Gasteiger partial charge in [0.05, 0.1) is 12.1 Å². The first-order valence-electron chi connectivity index (χ1n) is 9.75. The maximum Gasteiger partial charge on any atom is 0.336 e. The molecule has 0 bridgehead atoms. The summed E-state index contributed by atoms with van der Waals surface area (Å²) in [5.41, 5.74) is 4.47. The maximum atomic E-state index is 11.5. The highest BCUT2D eigenvalue weighted by atomic mass is 16.4. The lowest BCUT2D eigenvalue weighted by molar-refractivity contribution is 0.0697. The number of aryl methyl sites for hydroxylation is 1. The second kappa shape index (κ2) is 8.22. The number of rotatable bonds is 7. The van der Waals surface area contributed by atoms with Crippen molar-refractivity contribution in [2.45, 2.75) is 32.7 Å². The van der Waals surface area contributed by atoms with Crippen molar-refractivity contribution in [2.24, 2.45) is 0 Å². The Morgan fingerprint density at radius 1 is 1.03 bits per heavy atom. The molecule has 2 aromatic heterocycles. The normalized spacial score (nSPS) is 11.1. The fourth-order valence-corrected chi connectivity index (χ4v) is 3.48. The Hall–Kier alpha value is -3.54. The number of aromatic nitrogens is 4. The van der Waals surface area contributed by atoms with Crippen molar-refractivity contribution in [3.63, 3.8) is 0 Å². The fourth-order valence-electron chi connectivity index (χ4n) is 3.48. The first-order chi connectivity index (χ1) is 14.2. The Bertz CT molecular complexity index is 1150. The van der Waals surface area contributed by atoms with E-state index in [4.69, 9.17) is 0 Å². The minimum Gasteiger partial charge on any atom is -0.478 e. The van der Waals surface area contributed by atoms with Crippen LogP contribution in [0.3, 0.4) is 0 Å². The van der Waals surface area contributed by atoms with E-state index >= 15 is 0 Å². The molecule has 0 saturated carbocycles. The molecule has 0 aliphatic carbocycles. The average Bonchev–Trinajstić information content (AvgIpc) is 3.10. The number of benzene rings is 2. The standard InChI is InChI=1S/C23H22N4O2/c1-2-3-8-20-26-21-22(25-14-13-24-21)27(20)15-16-9-11-17(12-10-16)18-6-4-5-7-19(18)23(28)29/h4-7,9-14H,2-3,8,15H2,1H3,(H,28,29). The molecule has 4 rings (SSSR count). The third-order valence-electron chi connectivity index (χ3n) is 4.98. The minimum atomic E-state index is -0.922. The van der Waals surface area contributed by atoms with Gasteiger partial charge in [0.25, 0.3) is 0 Å². The van der Waals surface area contributed by atoms with Gasteiger partial charge in [-0.05, 0) is 29.2 Å². The lowest BCUT2D eigenvalue weighted by atomic mass is 9.99. The number of imidazole rings is 1. The first kappa shape index (κ1) is 18.8. The number of hydrogen-bond donors (Lipinski definition) is 1. The van der Waals surface area contributed by atoms with Crippen molar-refractivity contribution in [1.29, 1.82) is 0 Å². The summed E-state index contributed by atoms with van der Waals surface area (Å²) in [5.74, 6) is 0.0713. The molecule has 6 heteroatoms.